The number of carbonyl (C=O) groups is 1. The van der Waals surface area contributed by atoms with Gasteiger partial charge in [0.15, 0.2) is 5.78 Å². The van der Waals surface area contributed by atoms with E-state index in [9.17, 15) is 4.79 Å². The third-order valence-electron chi connectivity index (χ3n) is 6.51. The predicted octanol–water partition coefficient (Wildman–Crippen LogP) is 1.47. The largest absolute Gasteiger partial charge is 0.379 e. The molecule has 170 valence electrons. The third-order valence-corrected chi connectivity index (χ3v) is 7.05. The first kappa shape index (κ1) is 21.8. The quantitative estimate of drug-likeness (QED) is 0.656. The molecule has 1 N–H and O–H groups in total. The maximum Gasteiger partial charge on any atom is 0.337 e. The molecule has 0 radical (unpaired) electrons. The molecule has 1 saturated heterocycles. The molecule has 0 amide bonds. The first-order valence-corrected chi connectivity index (χ1v) is 12.6. The fourth-order valence-electron chi connectivity index (χ4n) is 4.91. The molecule has 1 aromatic rings. The fourth-order valence-corrected chi connectivity index (χ4v) is 5.33. The van der Waals surface area contributed by atoms with Crippen molar-refractivity contribution < 1.29 is 14.1 Å². The number of nitrogens with zero attached hydrogens (tertiary/aromatic N) is 5. The summed E-state index contributed by atoms with van der Waals surface area (Å²) in [6.45, 7) is 8.24. The van der Waals surface area contributed by atoms with Gasteiger partial charge in [-0.3, -0.25) is 19.9 Å². The topological polar surface area (TPSA) is 69.5 Å². The van der Waals surface area contributed by atoms with E-state index in [-0.39, 0.29) is 5.78 Å². The van der Waals surface area contributed by atoms with E-state index < -0.39 is 0 Å². The van der Waals surface area contributed by atoms with Gasteiger partial charge in [-0.2, -0.15) is 0 Å². The summed E-state index contributed by atoms with van der Waals surface area (Å²) in [6.07, 6.45) is 3.03. The van der Waals surface area contributed by atoms with Crippen LogP contribution in [-0.4, -0.2) is 96.6 Å². The summed E-state index contributed by atoms with van der Waals surface area (Å²) in [6, 6.07) is 10.4. The predicted molar refractivity (Wildman–Crippen MR) is 127 cm³/mol. The number of guanidine groups is 1. The van der Waals surface area contributed by atoms with Gasteiger partial charge in [-0.15, -0.1) is 9.58 Å². The number of thioether (sulfide) groups is 1. The van der Waals surface area contributed by atoms with Gasteiger partial charge in [0.25, 0.3) is 0 Å². The van der Waals surface area contributed by atoms with Crippen molar-refractivity contribution >= 4 is 28.7 Å². The molecule has 1 fully saturated rings. The van der Waals surface area contributed by atoms with Crippen LogP contribution >= 0.6 is 11.8 Å². The summed E-state index contributed by atoms with van der Waals surface area (Å²) in [7, 11) is 0. The van der Waals surface area contributed by atoms with E-state index in [2.05, 4.69) is 27.2 Å². The number of benzene rings is 1. The number of aliphatic imine (C=N–C) groups is 1. The number of ketones is 1. The molecule has 1 aromatic carbocycles. The van der Waals surface area contributed by atoms with Crippen LogP contribution < -0.4 is 5.32 Å². The smallest absolute Gasteiger partial charge is 0.337 e. The Labute approximate surface area is 193 Å². The van der Waals surface area contributed by atoms with E-state index in [0.717, 1.165) is 81.3 Å². The maximum atomic E-state index is 13.0. The van der Waals surface area contributed by atoms with Gasteiger partial charge in [-0.1, -0.05) is 42.1 Å². The van der Waals surface area contributed by atoms with Gasteiger partial charge >= 0.3 is 5.96 Å². The van der Waals surface area contributed by atoms with Crippen molar-refractivity contribution in [3.8, 4) is 0 Å². The summed E-state index contributed by atoms with van der Waals surface area (Å²) in [4.78, 5) is 22.4. The zero-order chi connectivity index (χ0) is 22.0. The van der Waals surface area contributed by atoms with Crippen molar-refractivity contribution in [3.05, 3.63) is 47.2 Å². The SMILES string of the molecule is CSC1=N[N+]2(CCCN3CCOCC3)CC3=C(NC2=N1)C(=O)CN(Cc1ccccc1)C3. The number of morpholine rings is 1. The van der Waals surface area contributed by atoms with Gasteiger partial charge < -0.3 is 4.74 Å². The maximum absolute atomic E-state index is 13.0. The van der Waals surface area contributed by atoms with E-state index in [1.54, 1.807) is 11.8 Å². The van der Waals surface area contributed by atoms with Gasteiger partial charge in [0.2, 0.25) is 5.17 Å². The van der Waals surface area contributed by atoms with Crippen molar-refractivity contribution in [2.75, 3.05) is 65.3 Å². The van der Waals surface area contributed by atoms with Crippen LogP contribution in [0.25, 0.3) is 0 Å². The Morgan fingerprint density at radius 1 is 1.16 bits per heavy atom. The molecule has 4 heterocycles. The van der Waals surface area contributed by atoms with Crippen molar-refractivity contribution in [2.45, 2.75) is 13.0 Å². The molecule has 8 nitrogen and oxygen atoms in total. The minimum absolute atomic E-state index is 0.147. The van der Waals surface area contributed by atoms with Crippen LogP contribution in [0.3, 0.4) is 0 Å². The molecule has 5 rings (SSSR count). The Balaban J connectivity index is 1.31. The van der Waals surface area contributed by atoms with Gasteiger partial charge in [0.05, 0.1) is 25.5 Å². The number of nitrogens with one attached hydrogen (secondary N) is 1. The van der Waals surface area contributed by atoms with Crippen molar-refractivity contribution in [1.29, 1.82) is 0 Å². The number of hydrogen-bond donors (Lipinski definition) is 1. The summed E-state index contributed by atoms with van der Waals surface area (Å²) >= 11 is 1.56. The number of quaternary nitrogens is 1. The van der Waals surface area contributed by atoms with E-state index in [1.165, 1.54) is 5.56 Å². The van der Waals surface area contributed by atoms with E-state index >= 15 is 0 Å². The third kappa shape index (κ3) is 4.53. The summed E-state index contributed by atoms with van der Waals surface area (Å²) in [5, 5.41) is 9.21. The fraction of sp³-hybridized carbons (Fsp3) is 0.522. The molecular weight excluding hydrogens is 424 g/mol. The minimum Gasteiger partial charge on any atom is -0.379 e. The Kier molecular flexibility index (Phi) is 6.43. The first-order valence-electron chi connectivity index (χ1n) is 11.3. The molecule has 1 unspecified atom stereocenters. The number of hydrogen-bond acceptors (Lipinski definition) is 8. The van der Waals surface area contributed by atoms with Crippen LogP contribution in [0.15, 0.2) is 51.7 Å². The highest BCUT2D eigenvalue weighted by atomic mass is 32.2. The van der Waals surface area contributed by atoms with Crippen LogP contribution in [0.1, 0.15) is 12.0 Å². The minimum atomic E-state index is 0.147. The summed E-state index contributed by atoms with van der Waals surface area (Å²) in [5.74, 6) is 0.952. The normalized spacial score (nSPS) is 26.3. The number of carbonyl (C=O) groups excluding carboxylic acids is 1. The van der Waals surface area contributed by atoms with Crippen LogP contribution in [0.2, 0.25) is 0 Å². The molecule has 0 aliphatic carbocycles. The highest BCUT2D eigenvalue weighted by molar-refractivity contribution is 8.13. The van der Waals surface area contributed by atoms with Gasteiger partial charge in [0, 0.05) is 44.7 Å². The number of rotatable bonds is 6. The van der Waals surface area contributed by atoms with Gasteiger partial charge in [-0.25, -0.2) is 0 Å². The lowest BCUT2D eigenvalue weighted by Gasteiger charge is -2.39. The Morgan fingerprint density at radius 2 is 1.97 bits per heavy atom. The highest BCUT2D eigenvalue weighted by Crippen LogP contribution is 2.30. The van der Waals surface area contributed by atoms with Crippen molar-refractivity contribution in [2.24, 2.45) is 10.1 Å². The molecule has 1 atom stereocenters. The Morgan fingerprint density at radius 3 is 2.75 bits per heavy atom. The van der Waals surface area contributed by atoms with Gasteiger partial charge in [0.1, 0.15) is 13.1 Å². The Bertz CT molecular complexity index is 956. The van der Waals surface area contributed by atoms with Crippen LogP contribution in [0.4, 0.5) is 0 Å². The standard InChI is InChI=1S/C23H31N6O2S/c1-32-23-25-22-24-21-19(15-28(16-20(21)30)14-18-6-3-2-4-7-18)17-29(22,26-23)11-5-8-27-9-12-31-13-10-27/h2-4,6-7H,5,8-17H2,1H3,(H,24,25,26)/q+1. The van der Waals surface area contributed by atoms with Crippen LogP contribution in [0, 0.1) is 0 Å². The molecule has 0 spiro atoms. The number of ether oxygens (including phenoxy) is 1. The van der Waals surface area contributed by atoms with Crippen molar-refractivity contribution in [1.82, 2.24) is 15.1 Å². The lowest BCUT2D eigenvalue weighted by atomic mass is 10.0. The zero-order valence-electron chi connectivity index (χ0n) is 18.6. The highest BCUT2D eigenvalue weighted by Gasteiger charge is 2.48. The van der Waals surface area contributed by atoms with E-state index in [1.807, 2.05) is 24.5 Å². The van der Waals surface area contributed by atoms with E-state index in [0.29, 0.717) is 17.7 Å². The molecule has 0 saturated carbocycles. The lowest BCUT2D eigenvalue weighted by molar-refractivity contribution is -0.844. The first-order chi connectivity index (χ1) is 15.6. The monoisotopic (exact) mass is 455 g/mol. The van der Waals surface area contributed by atoms with Crippen LogP contribution in [-0.2, 0) is 16.1 Å². The number of Topliss-reactive ketones (excluding diaryl/α,β-unsaturated/α-hetero) is 1. The lowest BCUT2D eigenvalue weighted by Crippen LogP contribution is -2.61. The zero-order valence-corrected chi connectivity index (χ0v) is 19.4. The van der Waals surface area contributed by atoms with E-state index in [4.69, 9.17) is 14.8 Å². The molecule has 0 aromatic heterocycles. The molecule has 4 aliphatic heterocycles. The van der Waals surface area contributed by atoms with Crippen molar-refractivity contribution in [3.63, 3.8) is 0 Å². The summed E-state index contributed by atoms with van der Waals surface area (Å²) in [5.41, 5.74) is 3.12. The molecule has 4 aliphatic rings. The average Bonchev–Trinajstić information content (AvgIpc) is 3.17. The Hall–Kier alpha value is -2.04. The number of fused-ring (bicyclic) bond motifs is 1. The molecule has 0 bridgehead atoms. The molecule has 9 heteroatoms. The van der Waals surface area contributed by atoms with Gasteiger partial charge in [-0.05, 0) is 16.9 Å². The van der Waals surface area contributed by atoms with Crippen LogP contribution in [0.5, 0.6) is 0 Å². The molecular formula is C23H31N6O2S+. The summed E-state index contributed by atoms with van der Waals surface area (Å²) < 4.78 is 5.92. The second kappa shape index (κ2) is 9.44. The second-order valence-corrected chi connectivity index (χ2v) is 9.56. The average molecular weight is 456 g/mol. The molecule has 32 heavy (non-hydrogen) atoms. The number of amidine groups is 1. The second-order valence-electron chi connectivity index (χ2n) is 8.79.